The Morgan fingerprint density at radius 2 is 1.85 bits per heavy atom. The smallest absolute Gasteiger partial charge is 0.328 e. The third kappa shape index (κ3) is 2.88. The number of nitrogens with one attached hydrogen (secondary N) is 1. The number of aromatic amines is 1. The van der Waals surface area contributed by atoms with E-state index in [1.165, 1.54) is 24.4 Å². The molecular weight excluding hydrogens is 269 g/mol. The molecule has 0 aliphatic rings. The molecule has 0 spiro atoms. The first-order valence-electron chi connectivity index (χ1n) is 5.68. The molecule has 2 aromatic rings. The fourth-order valence-electron chi connectivity index (χ4n) is 1.85. The quantitative estimate of drug-likeness (QED) is 0.917. The van der Waals surface area contributed by atoms with Gasteiger partial charge in [-0.05, 0) is 23.3 Å². The van der Waals surface area contributed by atoms with Crippen molar-refractivity contribution in [2.75, 3.05) is 0 Å². The normalized spacial score (nSPS) is 11.1. The summed E-state index contributed by atoms with van der Waals surface area (Å²) in [6.07, 6.45) is -2.98. The van der Waals surface area contributed by atoms with Gasteiger partial charge in [0.15, 0.2) is 0 Å². The minimum absolute atomic E-state index is 0.0142. The van der Waals surface area contributed by atoms with Gasteiger partial charge in [-0.25, -0.2) is 0 Å². The summed E-state index contributed by atoms with van der Waals surface area (Å²) in [6.45, 7) is 0. The number of hydrogen-bond donors (Lipinski definition) is 1. The fraction of sp³-hybridized carbons (Fsp3) is 0.143. The lowest BCUT2D eigenvalue weighted by molar-refractivity contribution is -0.137. The summed E-state index contributed by atoms with van der Waals surface area (Å²) in [6, 6.07) is 7.77. The molecule has 0 radical (unpaired) electrons. The van der Waals surface area contributed by atoms with Crippen LogP contribution in [0.1, 0.15) is 11.1 Å². The van der Waals surface area contributed by atoms with Crippen molar-refractivity contribution in [1.29, 1.82) is 5.26 Å². The topological polar surface area (TPSA) is 56.6 Å². The van der Waals surface area contributed by atoms with E-state index < -0.39 is 11.7 Å². The van der Waals surface area contributed by atoms with Crippen molar-refractivity contribution in [2.24, 2.45) is 0 Å². The number of halogens is 3. The lowest BCUT2D eigenvalue weighted by atomic mass is 9.99. The summed E-state index contributed by atoms with van der Waals surface area (Å²) in [4.78, 5) is 13.7. The molecule has 20 heavy (non-hydrogen) atoms. The maximum Gasteiger partial charge on any atom is 0.416 e. The van der Waals surface area contributed by atoms with Crippen LogP contribution in [0, 0.1) is 11.3 Å². The molecule has 1 heterocycles. The van der Waals surface area contributed by atoms with Gasteiger partial charge >= 0.3 is 6.18 Å². The van der Waals surface area contributed by atoms with Gasteiger partial charge in [-0.15, -0.1) is 0 Å². The molecule has 1 N–H and O–H groups in total. The zero-order valence-corrected chi connectivity index (χ0v) is 10.2. The Morgan fingerprint density at radius 3 is 2.40 bits per heavy atom. The molecule has 0 saturated heterocycles. The van der Waals surface area contributed by atoms with Gasteiger partial charge in [0.05, 0.1) is 18.1 Å². The highest BCUT2D eigenvalue weighted by atomic mass is 19.4. The molecule has 6 heteroatoms. The van der Waals surface area contributed by atoms with Gasteiger partial charge in [0.1, 0.15) is 0 Å². The largest absolute Gasteiger partial charge is 0.416 e. The Kier molecular flexibility index (Phi) is 3.61. The molecule has 2 rings (SSSR count). The van der Waals surface area contributed by atoms with Gasteiger partial charge in [0.2, 0.25) is 5.56 Å². The van der Waals surface area contributed by atoms with Gasteiger partial charge in [-0.3, -0.25) is 4.79 Å². The van der Waals surface area contributed by atoms with Crippen LogP contribution in [-0.2, 0) is 12.6 Å². The van der Waals surface area contributed by atoms with Crippen LogP contribution in [0.5, 0.6) is 0 Å². The zero-order valence-electron chi connectivity index (χ0n) is 10.2. The predicted molar refractivity (Wildman–Crippen MR) is 66.8 cm³/mol. The minimum Gasteiger partial charge on any atom is -0.328 e. The second-order valence-corrected chi connectivity index (χ2v) is 4.15. The Hall–Kier alpha value is -2.55. The number of nitrogens with zero attached hydrogens (tertiary/aromatic N) is 1. The lowest BCUT2D eigenvalue weighted by Gasteiger charge is -2.09. The van der Waals surface area contributed by atoms with Crippen molar-refractivity contribution in [1.82, 2.24) is 4.98 Å². The summed E-state index contributed by atoms with van der Waals surface area (Å²) in [7, 11) is 0. The van der Waals surface area contributed by atoms with Crippen molar-refractivity contribution in [3.8, 4) is 17.2 Å². The molecule has 0 aliphatic carbocycles. The number of aromatic nitrogens is 1. The Bertz CT molecular complexity index is 709. The number of H-pyrrole nitrogens is 1. The number of alkyl halides is 3. The van der Waals surface area contributed by atoms with E-state index in [0.717, 1.165) is 12.1 Å². The second kappa shape index (κ2) is 5.21. The molecule has 102 valence electrons. The Labute approximate surface area is 112 Å². The lowest BCUT2D eigenvalue weighted by Crippen LogP contribution is -2.07. The van der Waals surface area contributed by atoms with Gasteiger partial charge in [-0.1, -0.05) is 12.1 Å². The van der Waals surface area contributed by atoms with Crippen LogP contribution in [-0.4, -0.2) is 4.98 Å². The average molecular weight is 278 g/mol. The molecule has 0 unspecified atom stereocenters. The fourth-order valence-corrected chi connectivity index (χ4v) is 1.85. The molecule has 0 saturated carbocycles. The van der Waals surface area contributed by atoms with Crippen molar-refractivity contribution in [2.45, 2.75) is 12.6 Å². The Morgan fingerprint density at radius 1 is 1.20 bits per heavy atom. The van der Waals surface area contributed by atoms with E-state index in [4.69, 9.17) is 5.26 Å². The molecule has 1 aromatic heterocycles. The minimum atomic E-state index is -4.39. The van der Waals surface area contributed by atoms with Crippen LogP contribution in [0.2, 0.25) is 0 Å². The van der Waals surface area contributed by atoms with Crippen molar-refractivity contribution >= 4 is 0 Å². The maximum atomic E-state index is 12.5. The first kappa shape index (κ1) is 13.9. The molecule has 1 aromatic carbocycles. The highest BCUT2D eigenvalue weighted by Crippen LogP contribution is 2.31. The predicted octanol–water partition coefficient (Wildman–Crippen LogP) is 3.13. The SMILES string of the molecule is N#CCc1cc(=O)[nH]cc1-c1ccc(C(F)(F)F)cc1. The summed E-state index contributed by atoms with van der Waals surface area (Å²) >= 11 is 0. The number of pyridine rings is 1. The molecule has 0 amide bonds. The first-order valence-corrected chi connectivity index (χ1v) is 5.68. The average Bonchev–Trinajstić information content (AvgIpc) is 2.38. The number of benzene rings is 1. The van der Waals surface area contributed by atoms with Crippen LogP contribution in [0.15, 0.2) is 41.3 Å². The molecule has 0 atom stereocenters. The number of nitriles is 1. The molecule has 0 aliphatic heterocycles. The van der Waals surface area contributed by atoms with Crippen molar-refractivity contribution in [3.05, 3.63) is 58.0 Å². The van der Waals surface area contributed by atoms with Gasteiger partial charge in [-0.2, -0.15) is 18.4 Å². The second-order valence-electron chi connectivity index (χ2n) is 4.15. The molecule has 0 bridgehead atoms. The van der Waals surface area contributed by atoms with E-state index in [-0.39, 0.29) is 12.0 Å². The van der Waals surface area contributed by atoms with E-state index in [1.807, 2.05) is 6.07 Å². The summed E-state index contributed by atoms with van der Waals surface area (Å²) in [5.74, 6) is 0. The van der Waals surface area contributed by atoms with E-state index in [0.29, 0.717) is 16.7 Å². The van der Waals surface area contributed by atoms with Crippen molar-refractivity contribution < 1.29 is 13.2 Å². The number of hydrogen-bond acceptors (Lipinski definition) is 2. The molecule has 3 nitrogen and oxygen atoms in total. The van der Waals surface area contributed by atoms with Crippen LogP contribution >= 0.6 is 0 Å². The van der Waals surface area contributed by atoms with E-state index in [2.05, 4.69) is 4.98 Å². The first-order chi connectivity index (χ1) is 9.41. The van der Waals surface area contributed by atoms with Gasteiger partial charge in [0, 0.05) is 17.8 Å². The summed E-state index contributed by atoms with van der Waals surface area (Å²) in [5, 5.41) is 8.72. The molecular formula is C14H9F3N2O. The molecule has 0 fully saturated rings. The van der Waals surface area contributed by atoms with E-state index in [1.54, 1.807) is 0 Å². The van der Waals surface area contributed by atoms with E-state index >= 15 is 0 Å². The van der Waals surface area contributed by atoms with Crippen LogP contribution in [0.4, 0.5) is 13.2 Å². The number of rotatable bonds is 2. The third-order valence-corrected chi connectivity index (χ3v) is 2.80. The van der Waals surface area contributed by atoms with Gasteiger partial charge < -0.3 is 4.98 Å². The van der Waals surface area contributed by atoms with Crippen molar-refractivity contribution in [3.63, 3.8) is 0 Å². The van der Waals surface area contributed by atoms with Crippen LogP contribution in [0.25, 0.3) is 11.1 Å². The van der Waals surface area contributed by atoms with E-state index in [9.17, 15) is 18.0 Å². The maximum absolute atomic E-state index is 12.5. The summed E-state index contributed by atoms with van der Waals surface area (Å²) < 4.78 is 37.5. The summed E-state index contributed by atoms with van der Waals surface area (Å²) in [5.41, 5.74) is 0.439. The standard InChI is InChI=1S/C14H9F3N2O/c15-14(16,17)11-3-1-9(2-4-11)12-8-19-13(20)7-10(12)5-6-18/h1-4,7-8H,5H2,(H,19,20). The zero-order chi connectivity index (χ0) is 14.8. The third-order valence-electron chi connectivity index (χ3n) is 2.80. The highest BCUT2D eigenvalue weighted by Gasteiger charge is 2.30. The Balaban J connectivity index is 2.47. The van der Waals surface area contributed by atoms with Gasteiger partial charge in [0.25, 0.3) is 0 Å². The highest BCUT2D eigenvalue weighted by molar-refractivity contribution is 5.67. The van der Waals surface area contributed by atoms with Crippen LogP contribution in [0.3, 0.4) is 0 Å². The van der Waals surface area contributed by atoms with Crippen LogP contribution < -0.4 is 5.56 Å². The monoisotopic (exact) mass is 278 g/mol.